The van der Waals surface area contributed by atoms with Gasteiger partial charge >= 0.3 is 0 Å². The van der Waals surface area contributed by atoms with Crippen molar-refractivity contribution >= 4 is 21.7 Å². The SMILES string of the molecule is COc1ccc(Br)cc1-c1cc(C)nc(C(C)=O)n1. The number of aromatic nitrogens is 2. The Balaban J connectivity index is 2.64. The highest BCUT2D eigenvalue weighted by Crippen LogP contribution is 2.31. The van der Waals surface area contributed by atoms with Gasteiger partial charge in [-0.25, -0.2) is 9.97 Å². The number of ketones is 1. The summed E-state index contributed by atoms with van der Waals surface area (Å²) in [4.78, 5) is 19.9. The second-order valence-electron chi connectivity index (χ2n) is 4.12. The van der Waals surface area contributed by atoms with Gasteiger partial charge in [0.15, 0.2) is 11.6 Å². The number of nitrogens with zero attached hydrogens (tertiary/aromatic N) is 2. The van der Waals surface area contributed by atoms with E-state index in [2.05, 4.69) is 25.9 Å². The molecule has 0 aliphatic rings. The molecule has 5 heteroatoms. The third-order valence-electron chi connectivity index (χ3n) is 2.61. The van der Waals surface area contributed by atoms with Gasteiger partial charge < -0.3 is 4.74 Å². The van der Waals surface area contributed by atoms with Crippen LogP contribution in [0.1, 0.15) is 23.2 Å². The van der Waals surface area contributed by atoms with Gasteiger partial charge in [0, 0.05) is 22.7 Å². The van der Waals surface area contributed by atoms with Crippen molar-refractivity contribution in [3.63, 3.8) is 0 Å². The number of aryl methyl sites for hydroxylation is 1. The topological polar surface area (TPSA) is 52.1 Å². The molecule has 1 aromatic heterocycles. The van der Waals surface area contributed by atoms with E-state index in [0.29, 0.717) is 11.4 Å². The van der Waals surface area contributed by atoms with Crippen LogP contribution in [0.4, 0.5) is 0 Å². The van der Waals surface area contributed by atoms with Crippen LogP contribution in [0.5, 0.6) is 5.75 Å². The normalized spacial score (nSPS) is 10.3. The summed E-state index contributed by atoms with van der Waals surface area (Å²) >= 11 is 3.42. The van der Waals surface area contributed by atoms with Crippen LogP contribution in [0.25, 0.3) is 11.3 Å². The zero-order valence-corrected chi connectivity index (χ0v) is 12.5. The van der Waals surface area contributed by atoms with E-state index in [1.54, 1.807) is 7.11 Å². The Morgan fingerprint density at radius 1 is 1.26 bits per heavy atom. The quantitative estimate of drug-likeness (QED) is 0.813. The Morgan fingerprint density at radius 3 is 2.63 bits per heavy atom. The van der Waals surface area contributed by atoms with Gasteiger partial charge in [0.05, 0.1) is 12.8 Å². The minimum atomic E-state index is -0.154. The zero-order valence-electron chi connectivity index (χ0n) is 10.9. The molecule has 0 saturated heterocycles. The van der Waals surface area contributed by atoms with E-state index < -0.39 is 0 Å². The Hall–Kier alpha value is -1.75. The lowest BCUT2D eigenvalue weighted by molar-refractivity contribution is 0.100. The fourth-order valence-electron chi connectivity index (χ4n) is 1.74. The zero-order chi connectivity index (χ0) is 14.0. The first-order chi connectivity index (χ1) is 9.01. The molecule has 0 N–H and O–H groups in total. The lowest BCUT2D eigenvalue weighted by atomic mass is 10.1. The first kappa shape index (κ1) is 13.7. The van der Waals surface area contributed by atoms with Gasteiger partial charge in [-0.05, 0) is 31.2 Å². The number of methoxy groups -OCH3 is 1. The van der Waals surface area contributed by atoms with Crippen molar-refractivity contribution in [1.82, 2.24) is 9.97 Å². The molecule has 0 bridgehead atoms. The fraction of sp³-hybridized carbons (Fsp3) is 0.214. The predicted octanol–water partition coefficient (Wildman–Crippen LogP) is 3.43. The van der Waals surface area contributed by atoms with E-state index in [9.17, 15) is 4.79 Å². The van der Waals surface area contributed by atoms with Crippen molar-refractivity contribution < 1.29 is 9.53 Å². The molecule has 1 heterocycles. The highest BCUT2D eigenvalue weighted by Gasteiger charge is 2.12. The Bertz CT molecular complexity index is 641. The van der Waals surface area contributed by atoms with E-state index in [1.165, 1.54) is 6.92 Å². The Morgan fingerprint density at radius 2 is 2.00 bits per heavy atom. The molecule has 0 aliphatic carbocycles. The minimum Gasteiger partial charge on any atom is -0.496 e. The van der Waals surface area contributed by atoms with Crippen LogP contribution in [-0.4, -0.2) is 22.9 Å². The van der Waals surface area contributed by atoms with Crippen molar-refractivity contribution in [2.45, 2.75) is 13.8 Å². The molecule has 2 aromatic rings. The van der Waals surface area contributed by atoms with E-state index in [4.69, 9.17) is 4.74 Å². The van der Waals surface area contributed by atoms with Crippen LogP contribution in [0.15, 0.2) is 28.7 Å². The maximum atomic E-state index is 11.4. The predicted molar refractivity (Wildman–Crippen MR) is 76.5 cm³/mol. The monoisotopic (exact) mass is 320 g/mol. The third-order valence-corrected chi connectivity index (χ3v) is 3.10. The van der Waals surface area contributed by atoms with Crippen molar-refractivity contribution in [3.05, 3.63) is 40.3 Å². The lowest BCUT2D eigenvalue weighted by Crippen LogP contribution is -2.04. The smallest absolute Gasteiger partial charge is 0.196 e. The number of Topliss-reactive ketones (excluding diaryl/α,β-unsaturated/α-hetero) is 1. The van der Waals surface area contributed by atoms with Gasteiger partial charge in [-0.2, -0.15) is 0 Å². The Kier molecular flexibility index (Phi) is 3.95. The molecule has 98 valence electrons. The first-order valence-electron chi connectivity index (χ1n) is 5.72. The molecular formula is C14H13BrN2O2. The molecule has 0 radical (unpaired) electrons. The molecule has 0 aliphatic heterocycles. The van der Waals surface area contributed by atoms with Crippen molar-refractivity contribution in [1.29, 1.82) is 0 Å². The average Bonchev–Trinajstić information content (AvgIpc) is 2.37. The summed E-state index contributed by atoms with van der Waals surface area (Å²) in [5.41, 5.74) is 2.25. The molecule has 0 spiro atoms. The third kappa shape index (κ3) is 2.98. The standard InChI is InChI=1S/C14H13BrN2O2/c1-8-6-12(17-14(16-8)9(2)18)11-7-10(15)4-5-13(11)19-3/h4-7H,1-3H3. The summed E-state index contributed by atoms with van der Waals surface area (Å²) in [7, 11) is 1.60. The maximum absolute atomic E-state index is 11.4. The van der Waals surface area contributed by atoms with Crippen LogP contribution in [-0.2, 0) is 0 Å². The molecule has 1 aromatic carbocycles. The fourth-order valence-corrected chi connectivity index (χ4v) is 2.11. The summed E-state index contributed by atoms with van der Waals surface area (Å²) < 4.78 is 6.25. The maximum Gasteiger partial charge on any atom is 0.196 e. The highest BCUT2D eigenvalue weighted by molar-refractivity contribution is 9.10. The number of rotatable bonds is 3. The molecule has 0 unspecified atom stereocenters. The van der Waals surface area contributed by atoms with Crippen LogP contribution in [0, 0.1) is 6.92 Å². The molecule has 0 amide bonds. The number of carbonyl (C=O) groups is 1. The summed E-state index contributed by atoms with van der Waals surface area (Å²) in [6.07, 6.45) is 0. The van der Waals surface area contributed by atoms with Crippen molar-refractivity contribution in [2.75, 3.05) is 7.11 Å². The summed E-state index contributed by atoms with van der Waals surface area (Å²) in [5.74, 6) is 0.770. The van der Waals surface area contributed by atoms with E-state index in [-0.39, 0.29) is 11.6 Å². The molecule has 2 rings (SSSR count). The summed E-state index contributed by atoms with van der Waals surface area (Å²) in [6, 6.07) is 7.48. The van der Waals surface area contributed by atoms with E-state index in [0.717, 1.165) is 15.7 Å². The van der Waals surface area contributed by atoms with Gasteiger partial charge in [-0.3, -0.25) is 4.79 Å². The van der Waals surface area contributed by atoms with Crippen LogP contribution < -0.4 is 4.74 Å². The number of hydrogen-bond acceptors (Lipinski definition) is 4. The number of carbonyl (C=O) groups excluding carboxylic acids is 1. The number of ether oxygens (including phenoxy) is 1. The van der Waals surface area contributed by atoms with Gasteiger partial charge in [0.2, 0.25) is 0 Å². The van der Waals surface area contributed by atoms with Crippen LogP contribution >= 0.6 is 15.9 Å². The Labute approximate surface area is 120 Å². The molecule has 0 saturated carbocycles. The summed E-state index contributed by atoms with van der Waals surface area (Å²) in [5, 5.41) is 0. The molecule has 19 heavy (non-hydrogen) atoms. The van der Waals surface area contributed by atoms with Crippen molar-refractivity contribution in [3.8, 4) is 17.0 Å². The van der Waals surface area contributed by atoms with Crippen LogP contribution in [0.3, 0.4) is 0 Å². The number of benzene rings is 1. The number of halogens is 1. The highest BCUT2D eigenvalue weighted by atomic mass is 79.9. The van der Waals surface area contributed by atoms with Gasteiger partial charge in [-0.15, -0.1) is 0 Å². The molecule has 0 fully saturated rings. The first-order valence-corrected chi connectivity index (χ1v) is 6.51. The molecule has 4 nitrogen and oxygen atoms in total. The second kappa shape index (κ2) is 5.48. The number of hydrogen-bond donors (Lipinski definition) is 0. The van der Waals surface area contributed by atoms with E-state index >= 15 is 0 Å². The summed E-state index contributed by atoms with van der Waals surface area (Å²) in [6.45, 7) is 3.29. The van der Waals surface area contributed by atoms with Crippen molar-refractivity contribution in [2.24, 2.45) is 0 Å². The largest absolute Gasteiger partial charge is 0.496 e. The second-order valence-corrected chi connectivity index (χ2v) is 5.03. The van der Waals surface area contributed by atoms with Gasteiger partial charge in [0.1, 0.15) is 5.75 Å². The van der Waals surface area contributed by atoms with Gasteiger partial charge in [0.25, 0.3) is 0 Å². The molecule has 0 atom stereocenters. The minimum absolute atomic E-state index is 0.154. The lowest BCUT2D eigenvalue weighted by Gasteiger charge is -2.09. The van der Waals surface area contributed by atoms with Gasteiger partial charge in [-0.1, -0.05) is 15.9 Å². The van der Waals surface area contributed by atoms with Crippen LogP contribution in [0.2, 0.25) is 0 Å². The van der Waals surface area contributed by atoms with E-state index in [1.807, 2.05) is 31.2 Å². The molecular weight excluding hydrogens is 308 g/mol. The average molecular weight is 321 g/mol.